The lowest BCUT2D eigenvalue weighted by molar-refractivity contribution is 0.988. The number of hydrogen-bond donors (Lipinski definition) is 1. The lowest BCUT2D eigenvalue weighted by atomic mass is 10.2. The third-order valence-electron chi connectivity index (χ3n) is 2.92. The fourth-order valence-electron chi connectivity index (χ4n) is 1.98. The van der Waals surface area contributed by atoms with Crippen LogP contribution >= 0.6 is 0 Å². The first kappa shape index (κ1) is 11.7. The second-order valence-electron chi connectivity index (χ2n) is 4.16. The van der Waals surface area contributed by atoms with Crippen LogP contribution in [0.4, 0.5) is 5.69 Å². The van der Waals surface area contributed by atoms with Crippen molar-refractivity contribution in [2.45, 2.75) is 0 Å². The van der Waals surface area contributed by atoms with E-state index in [4.69, 9.17) is 16.3 Å². The van der Waals surface area contributed by atoms with E-state index in [0.717, 1.165) is 10.9 Å². The number of benzene rings is 1. The standard InChI is InChI=1S/C14H8N6/c15-6-12-13(7-16)20(8-18-12)14-4-1-9-5-10(17)2-3-11(9)19-14/h1-5,8H,17H2. The van der Waals surface area contributed by atoms with Crippen LogP contribution in [-0.2, 0) is 0 Å². The highest BCUT2D eigenvalue weighted by molar-refractivity contribution is 5.82. The fourth-order valence-corrected chi connectivity index (χ4v) is 1.98. The van der Waals surface area contributed by atoms with Crippen molar-refractivity contribution < 1.29 is 0 Å². The number of anilines is 1. The molecule has 2 aromatic heterocycles. The molecule has 0 aliphatic carbocycles. The Labute approximate surface area is 114 Å². The number of pyridine rings is 1. The van der Waals surface area contributed by atoms with E-state index in [1.165, 1.54) is 10.9 Å². The second kappa shape index (κ2) is 4.38. The summed E-state index contributed by atoms with van der Waals surface area (Å²) in [6, 6.07) is 12.9. The summed E-state index contributed by atoms with van der Waals surface area (Å²) in [5.41, 5.74) is 7.41. The van der Waals surface area contributed by atoms with Crippen molar-refractivity contribution in [3.8, 4) is 18.0 Å². The van der Waals surface area contributed by atoms with Crippen LogP contribution in [0.25, 0.3) is 16.7 Å². The Morgan fingerprint density at radius 2 is 1.95 bits per heavy atom. The van der Waals surface area contributed by atoms with Gasteiger partial charge in [0.15, 0.2) is 11.4 Å². The molecule has 0 fully saturated rings. The molecule has 2 heterocycles. The van der Waals surface area contributed by atoms with Crippen LogP contribution in [0.1, 0.15) is 11.4 Å². The Hall–Kier alpha value is -3.38. The van der Waals surface area contributed by atoms with E-state index in [0.29, 0.717) is 11.5 Å². The minimum atomic E-state index is 0.0895. The summed E-state index contributed by atoms with van der Waals surface area (Å²) in [6.45, 7) is 0. The van der Waals surface area contributed by atoms with E-state index in [1.54, 1.807) is 12.1 Å². The van der Waals surface area contributed by atoms with Gasteiger partial charge in [-0.2, -0.15) is 10.5 Å². The second-order valence-corrected chi connectivity index (χ2v) is 4.16. The quantitative estimate of drug-likeness (QED) is 0.671. The molecule has 6 nitrogen and oxygen atoms in total. The van der Waals surface area contributed by atoms with Crippen molar-refractivity contribution >= 4 is 16.6 Å². The van der Waals surface area contributed by atoms with E-state index in [2.05, 4.69) is 9.97 Å². The number of nitrogens with zero attached hydrogens (tertiary/aromatic N) is 5. The summed E-state index contributed by atoms with van der Waals surface area (Å²) in [4.78, 5) is 8.35. The summed E-state index contributed by atoms with van der Waals surface area (Å²) in [7, 11) is 0. The highest BCUT2D eigenvalue weighted by atomic mass is 15.1. The molecule has 1 aromatic carbocycles. The fraction of sp³-hybridized carbons (Fsp3) is 0. The van der Waals surface area contributed by atoms with E-state index < -0.39 is 0 Å². The van der Waals surface area contributed by atoms with Crippen LogP contribution < -0.4 is 5.73 Å². The summed E-state index contributed by atoms with van der Waals surface area (Å²) < 4.78 is 1.49. The minimum Gasteiger partial charge on any atom is -0.399 e. The van der Waals surface area contributed by atoms with Gasteiger partial charge in [0.05, 0.1) is 5.52 Å². The van der Waals surface area contributed by atoms with Crippen molar-refractivity contribution in [1.82, 2.24) is 14.5 Å². The summed E-state index contributed by atoms with van der Waals surface area (Å²) in [5, 5.41) is 18.9. The molecule has 0 amide bonds. The predicted molar refractivity (Wildman–Crippen MR) is 72.7 cm³/mol. The van der Waals surface area contributed by atoms with Gasteiger partial charge in [0, 0.05) is 11.1 Å². The summed E-state index contributed by atoms with van der Waals surface area (Å²) in [5.74, 6) is 0.535. The minimum absolute atomic E-state index is 0.0895. The Morgan fingerprint density at radius 3 is 2.70 bits per heavy atom. The lowest BCUT2D eigenvalue weighted by Crippen LogP contribution is -1.99. The number of fused-ring (bicyclic) bond motifs is 1. The van der Waals surface area contributed by atoms with E-state index in [9.17, 15) is 0 Å². The van der Waals surface area contributed by atoms with Gasteiger partial charge in [0.25, 0.3) is 0 Å². The molecule has 0 aliphatic heterocycles. The molecule has 0 unspecified atom stereocenters. The summed E-state index contributed by atoms with van der Waals surface area (Å²) in [6.07, 6.45) is 1.42. The molecule has 94 valence electrons. The lowest BCUT2D eigenvalue weighted by Gasteiger charge is -2.05. The number of aromatic nitrogens is 3. The van der Waals surface area contributed by atoms with Gasteiger partial charge in [-0.05, 0) is 30.3 Å². The number of rotatable bonds is 1. The average Bonchev–Trinajstić information content (AvgIpc) is 2.89. The van der Waals surface area contributed by atoms with E-state index in [1.807, 2.05) is 30.3 Å². The molecule has 6 heteroatoms. The van der Waals surface area contributed by atoms with Gasteiger partial charge in [-0.1, -0.05) is 0 Å². The van der Waals surface area contributed by atoms with E-state index >= 15 is 0 Å². The van der Waals surface area contributed by atoms with Gasteiger partial charge in [-0.15, -0.1) is 0 Å². The third-order valence-corrected chi connectivity index (χ3v) is 2.92. The molecule has 0 saturated heterocycles. The van der Waals surface area contributed by atoms with Crippen LogP contribution in [0, 0.1) is 22.7 Å². The molecule has 0 spiro atoms. The molecular weight excluding hydrogens is 252 g/mol. The van der Waals surface area contributed by atoms with Crippen molar-refractivity contribution in [2.24, 2.45) is 0 Å². The molecule has 0 radical (unpaired) electrons. The van der Waals surface area contributed by atoms with Gasteiger partial charge in [0.2, 0.25) is 0 Å². The Kier molecular flexibility index (Phi) is 2.56. The van der Waals surface area contributed by atoms with Crippen molar-refractivity contribution in [2.75, 3.05) is 5.73 Å². The normalized spacial score (nSPS) is 10.1. The molecule has 0 aliphatic rings. The molecule has 2 N–H and O–H groups in total. The molecule has 3 aromatic rings. The highest BCUT2D eigenvalue weighted by Gasteiger charge is 2.12. The first-order valence-corrected chi connectivity index (χ1v) is 5.77. The molecular formula is C14H8N6. The SMILES string of the molecule is N#Cc1ncn(-c2ccc3cc(N)ccc3n2)c1C#N. The topological polar surface area (TPSA) is 104 Å². The van der Waals surface area contributed by atoms with Crippen LogP contribution in [0.5, 0.6) is 0 Å². The Balaban J connectivity index is 2.21. The molecule has 0 atom stereocenters. The molecule has 0 saturated carbocycles. The number of imidazole rings is 1. The van der Waals surface area contributed by atoms with Gasteiger partial charge in [0.1, 0.15) is 24.3 Å². The zero-order chi connectivity index (χ0) is 14.1. The maximum Gasteiger partial charge on any atom is 0.177 e. The zero-order valence-electron chi connectivity index (χ0n) is 10.3. The van der Waals surface area contributed by atoms with Crippen molar-refractivity contribution in [1.29, 1.82) is 10.5 Å². The van der Waals surface area contributed by atoms with Crippen LogP contribution in [0.2, 0.25) is 0 Å². The number of nitrogens with two attached hydrogens (primary N) is 1. The summed E-state index contributed by atoms with van der Waals surface area (Å²) >= 11 is 0. The van der Waals surface area contributed by atoms with Crippen LogP contribution in [0.3, 0.4) is 0 Å². The van der Waals surface area contributed by atoms with Crippen LogP contribution in [0.15, 0.2) is 36.7 Å². The monoisotopic (exact) mass is 260 g/mol. The number of hydrogen-bond acceptors (Lipinski definition) is 5. The third kappa shape index (κ3) is 1.73. The van der Waals surface area contributed by atoms with Gasteiger partial charge < -0.3 is 5.73 Å². The Morgan fingerprint density at radius 1 is 1.10 bits per heavy atom. The smallest absolute Gasteiger partial charge is 0.177 e. The zero-order valence-corrected chi connectivity index (χ0v) is 10.3. The Bertz CT molecular complexity index is 894. The van der Waals surface area contributed by atoms with Gasteiger partial charge in [-0.25, -0.2) is 9.97 Å². The van der Waals surface area contributed by atoms with E-state index in [-0.39, 0.29) is 11.4 Å². The maximum atomic E-state index is 9.12. The molecule has 3 rings (SSSR count). The first-order chi connectivity index (χ1) is 9.72. The largest absolute Gasteiger partial charge is 0.399 e. The maximum absolute atomic E-state index is 9.12. The predicted octanol–water partition coefficient (Wildman–Crippen LogP) is 1.75. The first-order valence-electron chi connectivity index (χ1n) is 5.77. The highest BCUT2D eigenvalue weighted by Crippen LogP contribution is 2.19. The van der Waals surface area contributed by atoms with Crippen molar-refractivity contribution in [3.05, 3.63) is 48.0 Å². The molecule has 0 bridgehead atoms. The number of nitriles is 2. The van der Waals surface area contributed by atoms with Gasteiger partial charge in [-0.3, -0.25) is 4.57 Å². The molecule has 20 heavy (non-hydrogen) atoms. The van der Waals surface area contributed by atoms with Crippen molar-refractivity contribution in [3.63, 3.8) is 0 Å². The number of nitrogen functional groups attached to an aromatic ring is 1. The van der Waals surface area contributed by atoms with Gasteiger partial charge >= 0.3 is 0 Å². The average molecular weight is 260 g/mol. The van der Waals surface area contributed by atoms with Crippen LogP contribution in [-0.4, -0.2) is 14.5 Å².